The van der Waals surface area contributed by atoms with Crippen LogP contribution in [-0.2, 0) is 25.5 Å². The lowest BCUT2D eigenvalue weighted by molar-refractivity contribution is -0.146. The molecule has 0 unspecified atom stereocenters. The molecule has 0 atom stereocenters. The second kappa shape index (κ2) is 9.98. The zero-order valence-corrected chi connectivity index (χ0v) is 16.7. The molecule has 6 nitrogen and oxygen atoms in total. The lowest BCUT2D eigenvalue weighted by atomic mass is 10.1. The summed E-state index contributed by atoms with van der Waals surface area (Å²) in [4.78, 5) is 37.0. The molecular weight excluding hydrogens is 385 g/mol. The molecule has 1 aromatic heterocycles. The SMILES string of the molecule is CCOC(=O)c1cc(C(C)C)sc1NC(=O)COC(=O)Cc1cccc(F)c1. The molecule has 0 saturated heterocycles. The average molecular weight is 407 g/mol. The Balaban J connectivity index is 1.96. The minimum Gasteiger partial charge on any atom is -0.462 e. The maximum atomic E-state index is 13.1. The topological polar surface area (TPSA) is 81.7 Å². The largest absolute Gasteiger partial charge is 0.462 e. The van der Waals surface area contributed by atoms with Crippen LogP contribution in [0, 0.1) is 5.82 Å². The van der Waals surface area contributed by atoms with Gasteiger partial charge in [0, 0.05) is 4.88 Å². The van der Waals surface area contributed by atoms with E-state index in [0.29, 0.717) is 10.6 Å². The Hall–Kier alpha value is -2.74. The highest BCUT2D eigenvalue weighted by molar-refractivity contribution is 7.16. The quantitative estimate of drug-likeness (QED) is 0.671. The third kappa shape index (κ3) is 6.16. The Bertz CT molecular complexity index is 862. The van der Waals surface area contributed by atoms with Crippen LogP contribution in [0.5, 0.6) is 0 Å². The molecule has 8 heteroatoms. The highest BCUT2D eigenvalue weighted by Crippen LogP contribution is 2.33. The van der Waals surface area contributed by atoms with Crippen LogP contribution in [0.25, 0.3) is 0 Å². The van der Waals surface area contributed by atoms with Gasteiger partial charge in [-0.05, 0) is 36.6 Å². The molecule has 0 bridgehead atoms. The number of esters is 2. The van der Waals surface area contributed by atoms with Crippen LogP contribution in [0.1, 0.15) is 47.5 Å². The first kappa shape index (κ1) is 21.6. The number of nitrogens with one attached hydrogen (secondary N) is 1. The Labute approximate surface area is 166 Å². The van der Waals surface area contributed by atoms with Crippen LogP contribution in [-0.4, -0.2) is 31.1 Å². The van der Waals surface area contributed by atoms with E-state index in [2.05, 4.69) is 5.32 Å². The van der Waals surface area contributed by atoms with E-state index >= 15 is 0 Å². The minimum absolute atomic E-state index is 0.143. The van der Waals surface area contributed by atoms with E-state index in [1.807, 2.05) is 13.8 Å². The molecule has 0 saturated carbocycles. The lowest BCUT2D eigenvalue weighted by Crippen LogP contribution is -2.22. The molecular formula is C20H22FNO5S. The fourth-order valence-corrected chi connectivity index (χ4v) is 3.39. The van der Waals surface area contributed by atoms with Crippen molar-refractivity contribution in [3.63, 3.8) is 0 Å². The molecule has 0 aliphatic heterocycles. The lowest BCUT2D eigenvalue weighted by Gasteiger charge is -2.07. The number of halogens is 1. The van der Waals surface area contributed by atoms with Crippen LogP contribution in [0.15, 0.2) is 30.3 Å². The first-order valence-corrected chi connectivity index (χ1v) is 9.62. The minimum atomic E-state index is -0.652. The van der Waals surface area contributed by atoms with E-state index in [9.17, 15) is 18.8 Å². The Morgan fingerprint density at radius 3 is 2.57 bits per heavy atom. The number of hydrogen-bond acceptors (Lipinski definition) is 6. The van der Waals surface area contributed by atoms with Crippen LogP contribution in [0.2, 0.25) is 0 Å². The number of amides is 1. The van der Waals surface area contributed by atoms with E-state index in [-0.39, 0.29) is 24.5 Å². The van der Waals surface area contributed by atoms with Gasteiger partial charge in [0.15, 0.2) is 6.61 Å². The molecule has 2 rings (SSSR count). The second-order valence-corrected chi connectivity index (χ2v) is 7.37. The van der Waals surface area contributed by atoms with E-state index < -0.39 is 30.3 Å². The van der Waals surface area contributed by atoms with Gasteiger partial charge >= 0.3 is 11.9 Å². The third-order valence-electron chi connectivity index (χ3n) is 3.67. The van der Waals surface area contributed by atoms with Gasteiger partial charge in [-0.15, -0.1) is 11.3 Å². The second-order valence-electron chi connectivity index (χ2n) is 6.28. The summed E-state index contributed by atoms with van der Waals surface area (Å²) >= 11 is 1.27. The van der Waals surface area contributed by atoms with Crippen molar-refractivity contribution in [1.29, 1.82) is 0 Å². The predicted octanol–water partition coefficient (Wildman–Crippen LogP) is 3.91. The summed E-state index contributed by atoms with van der Waals surface area (Å²) < 4.78 is 23.1. The molecule has 0 aliphatic carbocycles. The van der Waals surface area contributed by atoms with Crippen molar-refractivity contribution in [2.75, 3.05) is 18.5 Å². The number of carbonyl (C=O) groups excluding carboxylic acids is 3. The first-order chi connectivity index (χ1) is 13.3. The molecule has 1 amide bonds. The summed E-state index contributed by atoms with van der Waals surface area (Å²) in [5.41, 5.74) is 0.727. The summed E-state index contributed by atoms with van der Waals surface area (Å²) in [5, 5.41) is 2.95. The Morgan fingerprint density at radius 1 is 1.18 bits per heavy atom. The number of carbonyl (C=O) groups is 3. The predicted molar refractivity (Wildman–Crippen MR) is 104 cm³/mol. The van der Waals surface area contributed by atoms with Gasteiger partial charge in [0.25, 0.3) is 5.91 Å². The number of ether oxygens (including phenoxy) is 2. The first-order valence-electron chi connectivity index (χ1n) is 8.81. The number of thiophene rings is 1. The van der Waals surface area contributed by atoms with Gasteiger partial charge in [0.2, 0.25) is 0 Å². The van der Waals surface area contributed by atoms with Gasteiger partial charge < -0.3 is 14.8 Å². The molecule has 1 aromatic carbocycles. The highest BCUT2D eigenvalue weighted by atomic mass is 32.1. The van der Waals surface area contributed by atoms with Gasteiger partial charge in [0.05, 0.1) is 18.6 Å². The summed E-state index contributed by atoms with van der Waals surface area (Å²) in [6.07, 6.45) is -0.143. The van der Waals surface area contributed by atoms with Crippen molar-refractivity contribution in [2.24, 2.45) is 0 Å². The van der Waals surface area contributed by atoms with Crippen LogP contribution >= 0.6 is 11.3 Å². The summed E-state index contributed by atoms with van der Waals surface area (Å²) in [6, 6.07) is 7.28. The monoisotopic (exact) mass is 407 g/mol. The third-order valence-corrected chi connectivity index (χ3v) is 5.02. The van der Waals surface area contributed by atoms with E-state index in [4.69, 9.17) is 9.47 Å². The van der Waals surface area contributed by atoms with E-state index in [1.165, 1.54) is 29.5 Å². The Kier molecular flexibility index (Phi) is 7.69. The van der Waals surface area contributed by atoms with Gasteiger partial charge in [-0.2, -0.15) is 0 Å². The van der Waals surface area contributed by atoms with Crippen molar-refractivity contribution in [2.45, 2.75) is 33.1 Å². The molecule has 2 aromatic rings. The zero-order chi connectivity index (χ0) is 20.7. The molecule has 0 spiro atoms. The fraction of sp³-hybridized carbons (Fsp3) is 0.350. The average Bonchev–Trinajstić information content (AvgIpc) is 3.04. The van der Waals surface area contributed by atoms with Crippen molar-refractivity contribution < 1.29 is 28.2 Å². The number of benzene rings is 1. The normalized spacial score (nSPS) is 10.6. The maximum absolute atomic E-state index is 13.1. The van der Waals surface area contributed by atoms with Gasteiger partial charge in [-0.3, -0.25) is 9.59 Å². The molecule has 0 aliphatic rings. The van der Waals surface area contributed by atoms with Crippen molar-refractivity contribution in [1.82, 2.24) is 0 Å². The van der Waals surface area contributed by atoms with Crippen LogP contribution < -0.4 is 5.32 Å². The number of anilines is 1. The maximum Gasteiger partial charge on any atom is 0.341 e. The van der Waals surface area contributed by atoms with Gasteiger partial charge in [-0.1, -0.05) is 26.0 Å². The van der Waals surface area contributed by atoms with Crippen molar-refractivity contribution in [3.8, 4) is 0 Å². The van der Waals surface area contributed by atoms with Crippen molar-refractivity contribution >= 4 is 34.2 Å². The van der Waals surface area contributed by atoms with E-state index in [1.54, 1.807) is 19.1 Å². The van der Waals surface area contributed by atoms with Crippen LogP contribution in [0.3, 0.4) is 0 Å². The summed E-state index contributed by atoms with van der Waals surface area (Å²) in [6.45, 7) is 5.35. The molecule has 28 heavy (non-hydrogen) atoms. The summed E-state index contributed by atoms with van der Waals surface area (Å²) in [7, 11) is 0. The molecule has 0 fully saturated rings. The molecule has 0 radical (unpaired) electrons. The van der Waals surface area contributed by atoms with Crippen LogP contribution in [0.4, 0.5) is 9.39 Å². The summed E-state index contributed by atoms with van der Waals surface area (Å²) in [5.74, 6) is -2.03. The Morgan fingerprint density at radius 2 is 1.93 bits per heavy atom. The van der Waals surface area contributed by atoms with Crippen molar-refractivity contribution in [3.05, 3.63) is 52.2 Å². The zero-order valence-electron chi connectivity index (χ0n) is 15.9. The molecule has 1 N–H and O–H groups in total. The fourth-order valence-electron chi connectivity index (χ4n) is 2.32. The van der Waals surface area contributed by atoms with Gasteiger partial charge in [-0.25, -0.2) is 9.18 Å². The number of hydrogen-bond donors (Lipinski definition) is 1. The highest BCUT2D eigenvalue weighted by Gasteiger charge is 2.20. The standard InChI is InChI=1S/C20H22FNO5S/c1-4-26-20(25)15-10-16(12(2)3)28-19(15)22-17(23)11-27-18(24)9-13-6-5-7-14(21)8-13/h5-8,10,12H,4,9,11H2,1-3H3,(H,22,23). The smallest absolute Gasteiger partial charge is 0.341 e. The molecule has 150 valence electrons. The number of rotatable bonds is 8. The molecule has 1 heterocycles. The van der Waals surface area contributed by atoms with Gasteiger partial charge in [0.1, 0.15) is 10.8 Å². The van der Waals surface area contributed by atoms with E-state index in [0.717, 1.165) is 4.88 Å².